The standard InChI is InChI=1S/C13H8ClNO3.BH3/c14-11-7-6-10(8-12(11)15(17)18)13(16)9-4-2-1-3-5-9;/h1-8H;1H3. The van der Waals surface area contributed by atoms with E-state index in [0.717, 1.165) is 0 Å². The molecule has 0 N–H and O–H groups in total. The summed E-state index contributed by atoms with van der Waals surface area (Å²) in [5, 5.41) is 10.8. The molecule has 19 heavy (non-hydrogen) atoms. The molecule has 0 spiro atoms. The van der Waals surface area contributed by atoms with Crippen molar-refractivity contribution in [1.82, 2.24) is 0 Å². The van der Waals surface area contributed by atoms with Crippen molar-refractivity contribution in [3.8, 4) is 0 Å². The predicted molar refractivity (Wildman–Crippen MR) is 77.9 cm³/mol. The summed E-state index contributed by atoms with van der Waals surface area (Å²) in [7, 11) is 0. The highest BCUT2D eigenvalue weighted by Gasteiger charge is 2.16. The lowest BCUT2D eigenvalue weighted by atomic mass is 10.0. The van der Waals surface area contributed by atoms with Gasteiger partial charge in [0.25, 0.3) is 5.69 Å². The molecule has 2 aromatic rings. The van der Waals surface area contributed by atoms with Gasteiger partial charge in [-0.05, 0) is 12.1 Å². The molecule has 0 aliphatic rings. The van der Waals surface area contributed by atoms with Crippen molar-refractivity contribution in [3.63, 3.8) is 0 Å². The molecule has 0 radical (unpaired) electrons. The Morgan fingerprint density at radius 3 is 2.26 bits per heavy atom. The van der Waals surface area contributed by atoms with Gasteiger partial charge in [0.2, 0.25) is 0 Å². The quantitative estimate of drug-likeness (QED) is 0.374. The first kappa shape index (κ1) is 14.9. The summed E-state index contributed by atoms with van der Waals surface area (Å²) in [6.45, 7) is 0. The molecule has 0 saturated heterocycles. The van der Waals surface area contributed by atoms with Gasteiger partial charge in [0.15, 0.2) is 5.78 Å². The van der Waals surface area contributed by atoms with E-state index in [9.17, 15) is 14.9 Å². The summed E-state index contributed by atoms with van der Waals surface area (Å²) in [4.78, 5) is 22.2. The van der Waals surface area contributed by atoms with Crippen LogP contribution in [0.2, 0.25) is 5.02 Å². The Morgan fingerprint density at radius 1 is 1.05 bits per heavy atom. The number of carbonyl (C=O) groups excluding carboxylic acids is 1. The number of hydrogen-bond donors (Lipinski definition) is 0. The lowest BCUT2D eigenvalue weighted by Crippen LogP contribution is -2.02. The van der Waals surface area contributed by atoms with E-state index in [1.165, 1.54) is 18.2 Å². The van der Waals surface area contributed by atoms with E-state index in [4.69, 9.17) is 11.6 Å². The third-order valence-electron chi connectivity index (χ3n) is 2.44. The van der Waals surface area contributed by atoms with Crippen molar-refractivity contribution in [1.29, 1.82) is 0 Å². The number of rotatable bonds is 3. The Morgan fingerprint density at radius 2 is 1.68 bits per heavy atom. The van der Waals surface area contributed by atoms with Gasteiger partial charge in [-0.15, -0.1) is 0 Å². The van der Waals surface area contributed by atoms with E-state index in [-0.39, 0.29) is 30.5 Å². The molecule has 0 bridgehead atoms. The van der Waals surface area contributed by atoms with Crippen LogP contribution in [0.15, 0.2) is 48.5 Å². The lowest BCUT2D eigenvalue weighted by molar-refractivity contribution is -0.384. The van der Waals surface area contributed by atoms with Gasteiger partial charge < -0.3 is 0 Å². The molecule has 0 aliphatic carbocycles. The number of nitro groups is 1. The number of nitro benzene ring substituents is 1. The minimum Gasteiger partial charge on any atom is -0.289 e. The molecule has 2 rings (SSSR count). The largest absolute Gasteiger partial charge is 0.289 e. The average Bonchev–Trinajstić information content (AvgIpc) is 2.39. The molecule has 4 nitrogen and oxygen atoms in total. The van der Waals surface area contributed by atoms with Crippen LogP contribution in [-0.4, -0.2) is 19.1 Å². The first-order valence-electron chi connectivity index (χ1n) is 5.13. The van der Waals surface area contributed by atoms with Gasteiger partial charge in [-0.1, -0.05) is 41.9 Å². The SMILES string of the molecule is B.O=C(c1ccccc1)c1ccc(Cl)c([N+](=O)[O-])c1. The minimum atomic E-state index is -0.607. The molecule has 6 heteroatoms. The summed E-state index contributed by atoms with van der Waals surface area (Å²) in [5.74, 6) is -0.268. The van der Waals surface area contributed by atoms with E-state index in [2.05, 4.69) is 0 Å². The summed E-state index contributed by atoms with van der Waals surface area (Å²) in [6, 6.07) is 12.6. The monoisotopic (exact) mass is 275 g/mol. The van der Waals surface area contributed by atoms with E-state index >= 15 is 0 Å². The molecule has 0 amide bonds. The van der Waals surface area contributed by atoms with E-state index in [0.29, 0.717) is 5.56 Å². The van der Waals surface area contributed by atoms with E-state index in [1.54, 1.807) is 30.3 Å². The van der Waals surface area contributed by atoms with Crippen LogP contribution in [0, 0.1) is 10.1 Å². The fraction of sp³-hybridized carbons (Fsp3) is 0. The zero-order chi connectivity index (χ0) is 13.1. The normalized spacial score (nSPS) is 9.53. The van der Waals surface area contributed by atoms with Crippen molar-refractivity contribution in [2.75, 3.05) is 0 Å². The number of ketones is 1. The molecule has 0 aromatic heterocycles. The molecule has 2 aromatic carbocycles. The van der Waals surface area contributed by atoms with Crippen LogP contribution in [0.3, 0.4) is 0 Å². The van der Waals surface area contributed by atoms with Gasteiger partial charge in [-0.3, -0.25) is 14.9 Å². The molecule has 0 saturated carbocycles. The second kappa shape index (κ2) is 6.16. The summed E-state index contributed by atoms with van der Waals surface area (Å²) < 4.78 is 0. The number of hydrogen-bond acceptors (Lipinski definition) is 3. The van der Waals surface area contributed by atoms with Gasteiger partial charge in [0.05, 0.1) is 13.3 Å². The molecule has 0 unspecified atom stereocenters. The smallest absolute Gasteiger partial charge is 0.288 e. The van der Waals surface area contributed by atoms with Gasteiger partial charge in [-0.2, -0.15) is 0 Å². The van der Waals surface area contributed by atoms with Gasteiger partial charge in [-0.25, -0.2) is 0 Å². The van der Waals surface area contributed by atoms with Crippen LogP contribution >= 0.6 is 11.6 Å². The second-order valence-electron chi connectivity index (χ2n) is 3.62. The zero-order valence-corrected chi connectivity index (χ0v) is 9.92. The second-order valence-corrected chi connectivity index (χ2v) is 4.03. The van der Waals surface area contributed by atoms with Crippen molar-refractivity contribution < 1.29 is 9.72 Å². The van der Waals surface area contributed by atoms with Gasteiger partial charge >= 0.3 is 0 Å². The molecule has 0 fully saturated rings. The molecule has 96 valence electrons. The molecule has 0 heterocycles. The highest BCUT2D eigenvalue weighted by atomic mass is 35.5. The first-order chi connectivity index (χ1) is 8.59. The lowest BCUT2D eigenvalue weighted by Gasteiger charge is -2.02. The van der Waals surface area contributed by atoms with Crippen LogP contribution < -0.4 is 0 Å². The van der Waals surface area contributed by atoms with Crippen molar-refractivity contribution >= 4 is 31.5 Å². The summed E-state index contributed by atoms with van der Waals surface area (Å²) >= 11 is 5.69. The van der Waals surface area contributed by atoms with Crippen molar-refractivity contribution in [2.24, 2.45) is 0 Å². The maximum atomic E-state index is 12.1. The Kier molecular flexibility index (Phi) is 4.83. The highest BCUT2D eigenvalue weighted by molar-refractivity contribution is 6.32. The summed E-state index contributed by atoms with van der Waals surface area (Å²) in [6.07, 6.45) is 0. The highest BCUT2D eigenvalue weighted by Crippen LogP contribution is 2.26. The Balaban J connectivity index is 0.00000180. The average molecular weight is 276 g/mol. The number of nitrogens with zero attached hydrogens (tertiary/aromatic N) is 1. The number of carbonyl (C=O) groups is 1. The Bertz CT molecular complexity index is 617. The van der Waals surface area contributed by atoms with Crippen LogP contribution in [-0.2, 0) is 0 Å². The van der Waals surface area contributed by atoms with Crippen molar-refractivity contribution in [3.05, 3.63) is 74.8 Å². The number of benzene rings is 2. The fourth-order valence-corrected chi connectivity index (χ4v) is 1.74. The maximum Gasteiger partial charge on any atom is 0.288 e. The van der Waals surface area contributed by atoms with Gasteiger partial charge in [0.1, 0.15) is 5.02 Å². The third-order valence-corrected chi connectivity index (χ3v) is 2.76. The fourth-order valence-electron chi connectivity index (χ4n) is 1.55. The molecule has 0 atom stereocenters. The van der Waals surface area contributed by atoms with Crippen molar-refractivity contribution in [2.45, 2.75) is 0 Å². The molecular formula is C13H11BClNO3. The van der Waals surface area contributed by atoms with Crippen LogP contribution in [0.25, 0.3) is 0 Å². The number of halogens is 1. The summed E-state index contributed by atoms with van der Waals surface area (Å²) in [5.41, 5.74) is 0.463. The van der Waals surface area contributed by atoms with Gasteiger partial charge in [0, 0.05) is 17.2 Å². The third kappa shape index (κ3) is 3.20. The van der Waals surface area contributed by atoms with Crippen LogP contribution in [0.4, 0.5) is 5.69 Å². The minimum absolute atomic E-state index is 0. The van der Waals surface area contributed by atoms with Crippen LogP contribution in [0.1, 0.15) is 15.9 Å². The maximum absolute atomic E-state index is 12.1. The first-order valence-corrected chi connectivity index (χ1v) is 5.51. The molecular weight excluding hydrogens is 264 g/mol. The molecule has 0 aliphatic heterocycles. The zero-order valence-electron chi connectivity index (χ0n) is 9.17. The van der Waals surface area contributed by atoms with E-state index < -0.39 is 4.92 Å². The Hall–Kier alpha value is -2.14. The van der Waals surface area contributed by atoms with E-state index in [1.807, 2.05) is 0 Å². The topological polar surface area (TPSA) is 60.2 Å². The predicted octanol–water partition coefficient (Wildman–Crippen LogP) is 2.30. The Labute approximate surface area is 116 Å². The van der Waals surface area contributed by atoms with Crippen LogP contribution in [0.5, 0.6) is 0 Å².